The molecule has 70 valence electrons. The Hall–Kier alpha value is -1.36. The van der Waals surface area contributed by atoms with E-state index in [2.05, 4.69) is 35.9 Å². The van der Waals surface area contributed by atoms with Crippen LogP contribution in [-0.2, 0) is 0 Å². The second-order valence-corrected chi connectivity index (χ2v) is 3.58. The minimum atomic E-state index is 0.741. The monoisotopic (exact) mass is 250 g/mol. The molecule has 0 aliphatic carbocycles. The molecule has 0 aliphatic rings. The Kier molecular flexibility index (Phi) is 2.49. The van der Waals surface area contributed by atoms with Crippen LogP contribution in [0.1, 0.15) is 5.69 Å². The highest BCUT2D eigenvalue weighted by molar-refractivity contribution is 9.10. The van der Waals surface area contributed by atoms with Gasteiger partial charge in [0, 0.05) is 6.20 Å². The first-order chi connectivity index (χ1) is 6.75. The highest BCUT2D eigenvalue weighted by atomic mass is 79.9. The van der Waals surface area contributed by atoms with Crippen LogP contribution in [0.4, 0.5) is 0 Å². The van der Waals surface area contributed by atoms with Gasteiger partial charge >= 0.3 is 0 Å². The number of rotatable bonds is 1. The summed E-state index contributed by atoms with van der Waals surface area (Å²) < 4.78 is 0.741. The van der Waals surface area contributed by atoms with Crippen LogP contribution in [0, 0.1) is 6.92 Å². The summed E-state index contributed by atoms with van der Waals surface area (Å²) in [4.78, 5) is 16.4. The average Bonchev–Trinajstić information content (AvgIpc) is 2.19. The highest BCUT2D eigenvalue weighted by Crippen LogP contribution is 2.15. The fourth-order valence-corrected chi connectivity index (χ4v) is 1.31. The molecule has 0 N–H and O–H groups in total. The van der Waals surface area contributed by atoms with Crippen LogP contribution < -0.4 is 0 Å². The molecule has 0 unspecified atom stereocenters. The third-order valence-electron chi connectivity index (χ3n) is 1.68. The molecule has 2 heterocycles. The van der Waals surface area contributed by atoms with Gasteiger partial charge in [0.1, 0.15) is 16.6 Å². The van der Waals surface area contributed by atoms with Crippen molar-refractivity contribution in [2.75, 3.05) is 0 Å². The third-order valence-corrected chi connectivity index (χ3v) is 2.11. The van der Waals surface area contributed by atoms with Crippen molar-refractivity contribution in [2.24, 2.45) is 0 Å². The standard InChI is InChI=1S/C9H7BrN4/c1-6-3-12-8(4-11-6)7-2-9(10)14-5-13-7/h2-5H,1H3. The molecule has 2 rings (SSSR count). The van der Waals surface area contributed by atoms with Crippen molar-refractivity contribution < 1.29 is 0 Å². The zero-order chi connectivity index (χ0) is 9.97. The summed E-state index contributed by atoms with van der Waals surface area (Å²) in [5.41, 5.74) is 2.40. The molecule has 4 nitrogen and oxygen atoms in total. The molecule has 0 saturated carbocycles. The zero-order valence-corrected chi connectivity index (χ0v) is 9.06. The van der Waals surface area contributed by atoms with Crippen LogP contribution in [-0.4, -0.2) is 19.9 Å². The Bertz CT molecular complexity index is 441. The Morgan fingerprint density at radius 3 is 2.50 bits per heavy atom. The third kappa shape index (κ3) is 1.93. The second kappa shape index (κ2) is 3.79. The van der Waals surface area contributed by atoms with E-state index in [4.69, 9.17) is 0 Å². The molecule has 5 heteroatoms. The maximum absolute atomic E-state index is 4.22. The maximum atomic E-state index is 4.22. The van der Waals surface area contributed by atoms with Crippen molar-refractivity contribution in [2.45, 2.75) is 6.92 Å². The lowest BCUT2D eigenvalue weighted by molar-refractivity contribution is 1.08. The summed E-state index contributed by atoms with van der Waals surface area (Å²) in [5, 5.41) is 0. The summed E-state index contributed by atoms with van der Waals surface area (Å²) in [5.74, 6) is 0. The van der Waals surface area contributed by atoms with Gasteiger partial charge in [-0.3, -0.25) is 9.97 Å². The summed E-state index contributed by atoms with van der Waals surface area (Å²) in [6.45, 7) is 1.90. The summed E-state index contributed by atoms with van der Waals surface area (Å²) in [6.07, 6.45) is 4.90. The van der Waals surface area contributed by atoms with Gasteiger partial charge < -0.3 is 0 Å². The number of hydrogen-bond acceptors (Lipinski definition) is 4. The predicted molar refractivity (Wildman–Crippen MR) is 55.5 cm³/mol. The van der Waals surface area contributed by atoms with Gasteiger partial charge in [-0.2, -0.15) is 0 Å². The van der Waals surface area contributed by atoms with Crippen LogP contribution in [0.2, 0.25) is 0 Å². The van der Waals surface area contributed by atoms with Crippen molar-refractivity contribution in [3.05, 3.63) is 35.1 Å². The predicted octanol–water partition coefficient (Wildman–Crippen LogP) is 2.00. The first-order valence-corrected chi connectivity index (χ1v) is 4.81. The molecular formula is C9H7BrN4. The van der Waals surface area contributed by atoms with E-state index in [1.165, 1.54) is 6.33 Å². The lowest BCUT2D eigenvalue weighted by atomic mass is 10.3. The molecular weight excluding hydrogens is 244 g/mol. The number of aryl methyl sites for hydroxylation is 1. The average molecular weight is 251 g/mol. The van der Waals surface area contributed by atoms with Crippen LogP contribution in [0.3, 0.4) is 0 Å². The molecule has 0 amide bonds. The van der Waals surface area contributed by atoms with Gasteiger partial charge in [0.15, 0.2) is 0 Å². The number of aromatic nitrogens is 4. The van der Waals surface area contributed by atoms with E-state index >= 15 is 0 Å². The van der Waals surface area contributed by atoms with E-state index in [1.54, 1.807) is 18.5 Å². The molecule has 2 aromatic heterocycles. The van der Waals surface area contributed by atoms with Gasteiger partial charge in [0.05, 0.1) is 17.6 Å². The normalized spacial score (nSPS) is 10.1. The second-order valence-electron chi connectivity index (χ2n) is 2.77. The lowest BCUT2D eigenvalue weighted by Crippen LogP contribution is -1.91. The molecule has 0 fully saturated rings. The van der Waals surface area contributed by atoms with E-state index in [-0.39, 0.29) is 0 Å². The first kappa shape index (κ1) is 9.21. The van der Waals surface area contributed by atoms with E-state index in [9.17, 15) is 0 Å². The fraction of sp³-hybridized carbons (Fsp3) is 0.111. The van der Waals surface area contributed by atoms with Gasteiger partial charge in [-0.1, -0.05) is 0 Å². The molecule has 0 aliphatic heterocycles. The minimum absolute atomic E-state index is 0.741. The Balaban J connectivity index is 2.44. The molecule has 0 radical (unpaired) electrons. The number of nitrogens with zero attached hydrogens (tertiary/aromatic N) is 4. The number of halogens is 1. The van der Waals surface area contributed by atoms with Gasteiger partial charge in [-0.15, -0.1) is 0 Å². The molecule has 0 atom stereocenters. The Morgan fingerprint density at radius 2 is 1.86 bits per heavy atom. The summed E-state index contributed by atoms with van der Waals surface area (Å²) >= 11 is 3.27. The molecule has 0 aromatic carbocycles. The SMILES string of the molecule is Cc1cnc(-c2cc(Br)ncn2)cn1. The zero-order valence-electron chi connectivity index (χ0n) is 7.48. The van der Waals surface area contributed by atoms with E-state index in [0.717, 1.165) is 21.7 Å². The largest absolute Gasteiger partial charge is 0.258 e. The van der Waals surface area contributed by atoms with Crippen LogP contribution >= 0.6 is 15.9 Å². The molecule has 0 bridgehead atoms. The smallest absolute Gasteiger partial charge is 0.117 e. The van der Waals surface area contributed by atoms with Gasteiger partial charge in [0.2, 0.25) is 0 Å². The highest BCUT2D eigenvalue weighted by Gasteiger charge is 2.01. The van der Waals surface area contributed by atoms with Crippen LogP contribution in [0.25, 0.3) is 11.4 Å². The molecule has 0 spiro atoms. The topological polar surface area (TPSA) is 51.6 Å². The quantitative estimate of drug-likeness (QED) is 0.727. The van der Waals surface area contributed by atoms with Crippen molar-refractivity contribution >= 4 is 15.9 Å². The van der Waals surface area contributed by atoms with Crippen LogP contribution in [0.15, 0.2) is 29.4 Å². The lowest BCUT2D eigenvalue weighted by Gasteiger charge is -1.99. The molecule has 0 saturated heterocycles. The van der Waals surface area contributed by atoms with E-state index in [0.29, 0.717) is 0 Å². The summed E-state index contributed by atoms with van der Waals surface area (Å²) in [6, 6.07) is 1.80. The number of hydrogen-bond donors (Lipinski definition) is 0. The van der Waals surface area contributed by atoms with Crippen molar-refractivity contribution in [3.63, 3.8) is 0 Å². The Morgan fingerprint density at radius 1 is 1.00 bits per heavy atom. The van der Waals surface area contributed by atoms with Crippen molar-refractivity contribution in [1.82, 2.24) is 19.9 Å². The molecule has 14 heavy (non-hydrogen) atoms. The Labute approximate surface area is 89.6 Å². The van der Waals surface area contributed by atoms with Gasteiger partial charge in [-0.25, -0.2) is 9.97 Å². The van der Waals surface area contributed by atoms with E-state index in [1.807, 2.05) is 6.92 Å². The van der Waals surface area contributed by atoms with E-state index < -0.39 is 0 Å². The summed E-state index contributed by atoms with van der Waals surface area (Å²) in [7, 11) is 0. The van der Waals surface area contributed by atoms with Crippen molar-refractivity contribution in [3.8, 4) is 11.4 Å². The van der Waals surface area contributed by atoms with Crippen LogP contribution in [0.5, 0.6) is 0 Å². The maximum Gasteiger partial charge on any atom is 0.117 e. The van der Waals surface area contributed by atoms with Gasteiger partial charge in [-0.05, 0) is 28.9 Å². The molecule has 2 aromatic rings. The van der Waals surface area contributed by atoms with Gasteiger partial charge in [0.25, 0.3) is 0 Å². The first-order valence-electron chi connectivity index (χ1n) is 4.02. The fourth-order valence-electron chi connectivity index (χ4n) is 0.999. The minimum Gasteiger partial charge on any atom is -0.258 e. The van der Waals surface area contributed by atoms with Crippen molar-refractivity contribution in [1.29, 1.82) is 0 Å².